The number of rotatable bonds is 3. The van der Waals surface area contributed by atoms with Crippen LogP contribution in [-0.4, -0.2) is 42.5 Å². The minimum absolute atomic E-state index is 0.00359. The van der Waals surface area contributed by atoms with Crippen LogP contribution in [0.2, 0.25) is 0 Å². The number of ether oxygens (including phenoxy) is 1. The van der Waals surface area contributed by atoms with Gasteiger partial charge >= 0.3 is 0 Å². The Bertz CT molecular complexity index is 586. The van der Waals surface area contributed by atoms with Crippen LogP contribution in [-0.2, 0) is 4.74 Å². The van der Waals surface area contributed by atoms with Gasteiger partial charge in [0.25, 0.3) is 6.01 Å². The lowest BCUT2D eigenvalue weighted by Crippen LogP contribution is -2.33. The number of hydrogen-bond acceptors (Lipinski definition) is 5. The topological polar surface area (TPSA) is 58.7 Å². The molecule has 2 heterocycles. The normalized spacial score (nSPS) is 23.4. The van der Waals surface area contributed by atoms with E-state index >= 15 is 0 Å². The van der Waals surface area contributed by atoms with Gasteiger partial charge in [0.1, 0.15) is 5.52 Å². The molecular formula is C13H15FN2O3. The van der Waals surface area contributed by atoms with E-state index in [-0.39, 0.29) is 11.6 Å². The molecule has 1 aliphatic heterocycles. The van der Waals surface area contributed by atoms with E-state index in [0.717, 1.165) is 0 Å². The van der Waals surface area contributed by atoms with Crippen molar-refractivity contribution in [2.24, 2.45) is 0 Å². The van der Waals surface area contributed by atoms with Gasteiger partial charge in [0.15, 0.2) is 11.4 Å². The Kier molecular flexibility index (Phi) is 3.12. The van der Waals surface area contributed by atoms with Gasteiger partial charge in [-0.15, -0.1) is 0 Å². The zero-order chi connectivity index (χ0) is 13.4. The van der Waals surface area contributed by atoms with E-state index in [1.165, 1.54) is 6.07 Å². The van der Waals surface area contributed by atoms with Crippen molar-refractivity contribution in [1.29, 1.82) is 0 Å². The standard InChI is InChI=1S/C13H15FN2O3/c1-18-7-8-5-9(17)6-16(8)13-15-12-10(14)3-2-4-11(12)19-13/h2-4,8-9,17H,5-7H2,1H3/t8-,9+/m0/s1. The number of nitrogens with zero attached hydrogens (tertiary/aromatic N) is 2. The average Bonchev–Trinajstić information content (AvgIpc) is 2.94. The number of fused-ring (bicyclic) bond motifs is 1. The van der Waals surface area contributed by atoms with Crippen LogP contribution >= 0.6 is 0 Å². The molecule has 6 heteroatoms. The number of benzene rings is 1. The van der Waals surface area contributed by atoms with Crippen LogP contribution in [0.3, 0.4) is 0 Å². The van der Waals surface area contributed by atoms with Crippen LogP contribution in [0.25, 0.3) is 11.1 Å². The summed E-state index contributed by atoms with van der Waals surface area (Å²) in [6.07, 6.45) is 0.148. The first-order chi connectivity index (χ1) is 9.19. The lowest BCUT2D eigenvalue weighted by atomic mass is 10.2. The van der Waals surface area contributed by atoms with Crippen molar-refractivity contribution in [3.05, 3.63) is 24.0 Å². The lowest BCUT2D eigenvalue weighted by Gasteiger charge is -2.21. The maximum atomic E-state index is 13.6. The third-order valence-corrected chi connectivity index (χ3v) is 3.36. The summed E-state index contributed by atoms with van der Waals surface area (Å²) in [4.78, 5) is 6.01. The second kappa shape index (κ2) is 4.79. The number of aliphatic hydroxyl groups is 1. The fraction of sp³-hybridized carbons (Fsp3) is 0.462. The quantitative estimate of drug-likeness (QED) is 0.913. The number of aromatic nitrogens is 1. The van der Waals surface area contributed by atoms with E-state index in [9.17, 15) is 9.50 Å². The molecule has 0 saturated carbocycles. The Morgan fingerprint density at radius 3 is 3.16 bits per heavy atom. The molecular weight excluding hydrogens is 251 g/mol. The highest BCUT2D eigenvalue weighted by Gasteiger charge is 2.34. The number of halogens is 1. The predicted octanol–water partition coefficient (Wildman–Crippen LogP) is 1.55. The number of hydrogen-bond donors (Lipinski definition) is 1. The molecule has 1 aliphatic rings. The maximum Gasteiger partial charge on any atom is 0.298 e. The zero-order valence-electron chi connectivity index (χ0n) is 10.5. The summed E-state index contributed by atoms with van der Waals surface area (Å²) in [7, 11) is 1.61. The fourth-order valence-corrected chi connectivity index (χ4v) is 2.50. The minimum atomic E-state index is -0.444. The number of β-amino-alcohol motifs (C(OH)–C–C–N with tert-alkyl or cyclic N) is 1. The highest BCUT2D eigenvalue weighted by molar-refractivity contribution is 5.75. The Morgan fingerprint density at radius 1 is 1.58 bits per heavy atom. The van der Waals surface area contributed by atoms with Crippen LogP contribution in [0.15, 0.2) is 22.6 Å². The molecule has 1 aromatic carbocycles. The Hall–Kier alpha value is -1.66. The number of anilines is 1. The predicted molar refractivity (Wildman–Crippen MR) is 67.6 cm³/mol. The van der Waals surface area contributed by atoms with Crippen LogP contribution < -0.4 is 4.90 Å². The van der Waals surface area contributed by atoms with Crippen LogP contribution in [0, 0.1) is 5.82 Å². The minimum Gasteiger partial charge on any atom is -0.423 e. The maximum absolute atomic E-state index is 13.6. The van der Waals surface area contributed by atoms with Crippen molar-refractivity contribution in [2.75, 3.05) is 25.2 Å². The third kappa shape index (κ3) is 2.17. The van der Waals surface area contributed by atoms with Crippen molar-refractivity contribution in [2.45, 2.75) is 18.6 Å². The first-order valence-electron chi connectivity index (χ1n) is 6.17. The Balaban J connectivity index is 1.96. The molecule has 0 bridgehead atoms. The van der Waals surface area contributed by atoms with Gasteiger partial charge in [-0.1, -0.05) is 6.07 Å². The second-order valence-corrected chi connectivity index (χ2v) is 4.73. The number of oxazole rings is 1. The highest BCUT2D eigenvalue weighted by Crippen LogP contribution is 2.29. The van der Waals surface area contributed by atoms with Gasteiger partial charge in [0.05, 0.1) is 18.8 Å². The molecule has 0 radical (unpaired) electrons. The van der Waals surface area contributed by atoms with Crippen LogP contribution in [0.4, 0.5) is 10.4 Å². The summed E-state index contributed by atoms with van der Waals surface area (Å²) in [5, 5.41) is 9.75. The summed E-state index contributed by atoms with van der Waals surface area (Å²) >= 11 is 0. The molecule has 102 valence electrons. The smallest absolute Gasteiger partial charge is 0.298 e. The van der Waals surface area contributed by atoms with Gasteiger partial charge in [0, 0.05) is 13.7 Å². The van der Waals surface area contributed by atoms with Crippen molar-refractivity contribution in [3.63, 3.8) is 0 Å². The molecule has 5 nitrogen and oxygen atoms in total. The number of para-hydroxylation sites is 1. The summed E-state index contributed by atoms with van der Waals surface area (Å²) < 4.78 is 24.3. The summed E-state index contributed by atoms with van der Waals surface area (Å²) in [5.74, 6) is -0.407. The third-order valence-electron chi connectivity index (χ3n) is 3.36. The van der Waals surface area contributed by atoms with E-state index < -0.39 is 11.9 Å². The lowest BCUT2D eigenvalue weighted by molar-refractivity contribution is 0.159. The van der Waals surface area contributed by atoms with Gasteiger partial charge in [-0.05, 0) is 18.6 Å². The Morgan fingerprint density at radius 2 is 2.42 bits per heavy atom. The number of aliphatic hydroxyl groups excluding tert-OH is 1. The first kappa shape index (κ1) is 12.4. The van der Waals surface area contributed by atoms with Gasteiger partial charge in [-0.2, -0.15) is 4.98 Å². The van der Waals surface area contributed by atoms with Crippen LogP contribution in [0.1, 0.15) is 6.42 Å². The van der Waals surface area contributed by atoms with E-state index in [1.54, 1.807) is 19.2 Å². The molecule has 3 rings (SSSR count). The molecule has 19 heavy (non-hydrogen) atoms. The van der Waals surface area contributed by atoms with Crippen molar-refractivity contribution in [1.82, 2.24) is 4.98 Å². The zero-order valence-corrected chi connectivity index (χ0v) is 10.5. The van der Waals surface area contributed by atoms with Crippen molar-refractivity contribution >= 4 is 17.1 Å². The van der Waals surface area contributed by atoms with Gasteiger partial charge < -0.3 is 19.2 Å². The SMILES string of the molecule is COC[C@@H]1C[C@@H](O)CN1c1nc2c(F)cccc2o1. The molecule has 0 unspecified atom stereocenters. The molecule has 0 amide bonds. The molecule has 2 atom stereocenters. The van der Waals surface area contributed by atoms with E-state index in [2.05, 4.69) is 4.98 Å². The summed E-state index contributed by atoms with van der Waals surface area (Å²) in [6, 6.07) is 4.93. The first-order valence-corrected chi connectivity index (χ1v) is 6.17. The van der Waals surface area contributed by atoms with Gasteiger partial charge in [-0.3, -0.25) is 0 Å². The van der Waals surface area contributed by atoms with Crippen molar-refractivity contribution in [3.8, 4) is 0 Å². The molecule has 0 aliphatic carbocycles. The van der Waals surface area contributed by atoms with Crippen molar-refractivity contribution < 1.29 is 18.7 Å². The Labute approximate surface area is 109 Å². The molecule has 2 aromatic rings. The number of methoxy groups -OCH3 is 1. The highest BCUT2D eigenvalue weighted by atomic mass is 19.1. The second-order valence-electron chi connectivity index (χ2n) is 4.73. The molecule has 0 spiro atoms. The van der Waals surface area contributed by atoms with Gasteiger partial charge in [0.2, 0.25) is 0 Å². The molecule has 1 saturated heterocycles. The van der Waals surface area contributed by atoms with Gasteiger partial charge in [-0.25, -0.2) is 4.39 Å². The van der Waals surface area contributed by atoms with E-state index in [4.69, 9.17) is 9.15 Å². The largest absolute Gasteiger partial charge is 0.423 e. The average molecular weight is 266 g/mol. The molecule has 1 fully saturated rings. The van der Waals surface area contributed by atoms with E-state index in [1.807, 2.05) is 4.90 Å². The molecule has 1 aromatic heterocycles. The summed E-state index contributed by atoms with van der Waals surface area (Å²) in [5.41, 5.74) is 0.627. The van der Waals surface area contributed by atoms with E-state index in [0.29, 0.717) is 31.2 Å². The van der Waals surface area contributed by atoms with Crippen LogP contribution in [0.5, 0.6) is 0 Å². The molecule has 1 N–H and O–H groups in total. The summed E-state index contributed by atoms with van der Waals surface area (Å²) in [6.45, 7) is 0.890. The fourth-order valence-electron chi connectivity index (χ4n) is 2.50. The monoisotopic (exact) mass is 266 g/mol.